The molecular weight excluding hydrogens is 334 g/mol. The Morgan fingerprint density at radius 1 is 0.852 bits per heavy atom. The lowest BCUT2D eigenvalue weighted by Gasteiger charge is -2.08. The summed E-state index contributed by atoms with van der Waals surface area (Å²) in [5.41, 5.74) is 2.54. The van der Waals surface area contributed by atoms with Crippen molar-refractivity contribution in [2.75, 3.05) is 13.2 Å². The van der Waals surface area contributed by atoms with Crippen LogP contribution in [-0.4, -0.2) is 18.2 Å². The van der Waals surface area contributed by atoms with Crippen molar-refractivity contribution < 1.29 is 9.47 Å². The molecule has 1 aromatic carbocycles. The quantitative estimate of drug-likeness (QED) is 0.296. The fourth-order valence-corrected chi connectivity index (χ4v) is 2.82. The molecule has 0 spiro atoms. The first-order valence-electron chi connectivity index (χ1n) is 10.2. The largest absolute Gasteiger partial charge is 0.494 e. The van der Waals surface area contributed by atoms with Crippen LogP contribution in [0.1, 0.15) is 56.1 Å². The van der Waals surface area contributed by atoms with E-state index in [0.29, 0.717) is 0 Å². The summed E-state index contributed by atoms with van der Waals surface area (Å²) in [7, 11) is 0. The first-order valence-corrected chi connectivity index (χ1v) is 10.2. The Kier molecular flexibility index (Phi) is 10.2. The van der Waals surface area contributed by atoms with Crippen molar-refractivity contribution in [1.29, 1.82) is 0 Å². The molecule has 0 amide bonds. The highest BCUT2D eigenvalue weighted by Crippen LogP contribution is 2.13. The zero-order valence-electron chi connectivity index (χ0n) is 16.7. The lowest BCUT2D eigenvalue weighted by atomic mass is 10.1. The van der Waals surface area contributed by atoms with Crippen LogP contribution in [0.4, 0.5) is 0 Å². The molecule has 0 saturated heterocycles. The predicted molar refractivity (Wildman–Crippen MR) is 112 cm³/mol. The molecule has 2 rings (SSSR count). The van der Waals surface area contributed by atoms with Gasteiger partial charge in [0.05, 0.1) is 13.2 Å². The topological polar surface area (TPSA) is 31.4 Å². The summed E-state index contributed by atoms with van der Waals surface area (Å²) in [5.74, 6) is 1.69. The third kappa shape index (κ3) is 9.37. The molecule has 0 aliphatic carbocycles. The number of benzene rings is 1. The number of unbranched alkanes of at least 4 members (excludes halogenated alkanes) is 6. The van der Waals surface area contributed by atoms with Crippen LogP contribution in [0.25, 0.3) is 0 Å². The Hall–Kier alpha value is -2.16. The van der Waals surface area contributed by atoms with E-state index in [1.807, 2.05) is 30.8 Å². The van der Waals surface area contributed by atoms with E-state index in [2.05, 4.69) is 37.0 Å². The van der Waals surface area contributed by atoms with E-state index >= 15 is 0 Å². The molecule has 1 aromatic heterocycles. The van der Waals surface area contributed by atoms with Gasteiger partial charge in [-0.05, 0) is 56.7 Å². The molecule has 0 unspecified atom stereocenters. The van der Waals surface area contributed by atoms with Gasteiger partial charge in [-0.15, -0.1) is 12.8 Å². The molecule has 0 atom stereocenters. The molecule has 0 aliphatic rings. The van der Waals surface area contributed by atoms with Crippen molar-refractivity contribution in [3.63, 3.8) is 0 Å². The van der Waals surface area contributed by atoms with Gasteiger partial charge in [0, 0.05) is 12.3 Å². The van der Waals surface area contributed by atoms with Crippen LogP contribution in [-0.2, 0) is 6.42 Å². The highest BCUT2D eigenvalue weighted by atomic mass is 16.5. The standard InChI is InChI=1S/C24H33NO2/c1-3-4-5-8-11-22-14-17-24(25-20-22)27-19-10-7-6-9-18-26-23-15-12-21(2)13-16-23/h3,12-17,20H,1,4-11,18-19H2,2H3. The zero-order valence-corrected chi connectivity index (χ0v) is 16.7. The molecule has 0 N–H and O–H groups in total. The number of hydrogen-bond acceptors (Lipinski definition) is 3. The monoisotopic (exact) mass is 367 g/mol. The maximum absolute atomic E-state index is 5.74. The van der Waals surface area contributed by atoms with Gasteiger partial charge in [0.25, 0.3) is 0 Å². The van der Waals surface area contributed by atoms with Gasteiger partial charge in [-0.2, -0.15) is 0 Å². The fourth-order valence-electron chi connectivity index (χ4n) is 2.82. The second kappa shape index (κ2) is 13.1. The van der Waals surface area contributed by atoms with Gasteiger partial charge in [-0.3, -0.25) is 0 Å². The summed E-state index contributed by atoms with van der Waals surface area (Å²) >= 11 is 0. The van der Waals surface area contributed by atoms with Crippen molar-refractivity contribution >= 4 is 0 Å². The molecule has 146 valence electrons. The van der Waals surface area contributed by atoms with E-state index in [1.165, 1.54) is 24.0 Å². The first-order chi connectivity index (χ1) is 13.3. The summed E-state index contributed by atoms with van der Waals surface area (Å²) in [6.45, 7) is 7.34. The van der Waals surface area contributed by atoms with Gasteiger partial charge in [0.1, 0.15) is 5.75 Å². The van der Waals surface area contributed by atoms with E-state index in [9.17, 15) is 0 Å². The number of aromatic nitrogens is 1. The van der Waals surface area contributed by atoms with Crippen molar-refractivity contribution in [3.8, 4) is 11.6 Å². The summed E-state index contributed by atoms with van der Waals surface area (Å²) in [4.78, 5) is 4.40. The normalized spacial score (nSPS) is 10.7. The predicted octanol–water partition coefficient (Wildman–Crippen LogP) is 6.16. The van der Waals surface area contributed by atoms with Gasteiger partial charge in [-0.25, -0.2) is 4.98 Å². The fraction of sp³-hybridized carbons (Fsp3) is 0.458. The second-order valence-corrected chi connectivity index (χ2v) is 6.96. The van der Waals surface area contributed by atoms with Crippen LogP contribution in [0, 0.1) is 20.3 Å². The number of ether oxygens (including phenoxy) is 2. The zero-order chi connectivity index (χ0) is 19.2. The third-order valence-electron chi connectivity index (χ3n) is 4.50. The number of pyridine rings is 1. The Balaban J connectivity index is 1.47. The van der Waals surface area contributed by atoms with Crippen molar-refractivity contribution in [3.05, 3.63) is 67.1 Å². The van der Waals surface area contributed by atoms with Crippen molar-refractivity contribution in [1.82, 2.24) is 4.98 Å². The minimum Gasteiger partial charge on any atom is -0.494 e. The maximum atomic E-state index is 5.74. The first kappa shape index (κ1) is 21.1. The van der Waals surface area contributed by atoms with Gasteiger partial charge < -0.3 is 9.47 Å². The average Bonchev–Trinajstić information content (AvgIpc) is 2.70. The maximum Gasteiger partial charge on any atom is 0.213 e. The smallest absolute Gasteiger partial charge is 0.213 e. The molecule has 0 radical (unpaired) electrons. The SMILES string of the molecule is [CH2+][CH-]CCCCc1ccc(OCCCCCCOc2ccc(C)cc2)nc1. The van der Waals surface area contributed by atoms with E-state index in [-0.39, 0.29) is 0 Å². The van der Waals surface area contributed by atoms with Gasteiger partial charge in [-0.1, -0.05) is 43.5 Å². The molecule has 0 saturated carbocycles. The molecule has 1 heterocycles. The number of aryl methyl sites for hydroxylation is 2. The molecule has 27 heavy (non-hydrogen) atoms. The Bertz CT molecular complexity index is 607. The summed E-state index contributed by atoms with van der Waals surface area (Å²) < 4.78 is 11.5. The lowest BCUT2D eigenvalue weighted by Crippen LogP contribution is -2.01. The molecular formula is C24H33NO2. The van der Waals surface area contributed by atoms with E-state index in [1.54, 1.807) is 0 Å². The molecule has 3 nitrogen and oxygen atoms in total. The van der Waals surface area contributed by atoms with Gasteiger partial charge in [0.15, 0.2) is 0 Å². The van der Waals surface area contributed by atoms with Crippen LogP contribution in [0.15, 0.2) is 42.6 Å². The molecule has 2 aromatic rings. The lowest BCUT2D eigenvalue weighted by molar-refractivity contribution is 0.281. The number of rotatable bonds is 14. The van der Waals surface area contributed by atoms with Crippen LogP contribution in [0.3, 0.4) is 0 Å². The Labute approximate surface area is 165 Å². The minimum absolute atomic E-state index is 0.727. The molecule has 0 bridgehead atoms. The van der Waals surface area contributed by atoms with E-state index < -0.39 is 0 Å². The number of hydrogen-bond donors (Lipinski definition) is 0. The van der Waals surface area contributed by atoms with Crippen LogP contribution < -0.4 is 9.47 Å². The Morgan fingerprint density at radius 3 is 2.26 bits per heavy atom. The summed E-state index contributed by atoms with van der Waals surface area (Å²) in [6.07, 6.45) is 12.9. The number of nitrogens with zero attached hydrogens (tertiary/aromatic N) is 1. The van der Waals surface area contributed by atoms with Crippen LogP contribution >= 0.6 is 0 Å². The average molecular weight is 368 g/mol. The van der Waals surface area contributed by atoms with Crippen LogP contribution in [0.5, 0.6) is 11.6 Å². The highest BCUT2D eigenvalue weighted by molar-refractivity contribution is 5.26. The van der Waals surface area contributed by atoms with E-state index in [4.69, 9.17) is 9.47 Å². The van der Waals surface area contributed by atoms with Gasteiger partial charge >= 0.3 is 0 Å². The molecule has 0 fully saturated rings. The third-order valence-corrected chi connectivity index (χ3v) is 4.50. The molecule has 3 heteroatoms. The summed E-state index contributed by atoms with van der Waals surface area (Å²) in [5, 5.41) is 0. The minimum atomic E-state index is 0.727. The summed E-state index contributed by atoms with van der Waals surface area (Å²) in [6, 6.07) is 12.3. The van der Waals surface area contributed by atoms with Crippen molar-refractivity contribution in [2.24, 2.45) is 0 Å². The highest BCUT2D eigenvalue weighted by Gasteiger charge is 1.99. The second-order valence-electron chi connectivity index (χ2n) is 6.96. The molecule has 0 aliphatic heterocycles. The van der Waals surface area contributed by atoms with Gasteiger partial charge in [0.2, 0.25) is 5.88 Å². The van der Waals surface area contributed by atoms with Crippen molar-refractivity contribution in [2.45, 2.75) is 58.3 Å². The van der Waals surface area contributed by atoms with E-state index in [0.717, 1.165) is 63.4 Å². The Morgan fingerprint density at radius 2 is 1.59 bits per heavy atom. The van der Waals surface area contributed by atoms with Crippen LogP contribution in [0.2, 0.25) is 0 Å².